The maximum Gasteiger partial charge on any atom is 0.252 e. The first-order valence-electron chi connectivity index (χ1n) is 5.04. The number of hydrogen-bond acceptors (Lipinski definition) is 4. The molecule has 1 aromatic heterocycles. The molecule has 0 spiro atoms. The van der Waals surface area contributed by atoms with Crippen LogP contribution in [0.4, 0.5) is 0 Å². The molecule has 1 saturated carbocycles. The molecule has 1 aliphatic rings. The van der Waals surface area contributed by atoms with Gasteiger partial charge in [-0.25, -0.2) is 18.1 Å². The summed E-state index contributed by atoms with van der Waals surface area (Å²) in [4.78, 5) is 3.91. The Hall–Kier alpha value is -0.170. The van der Waals surface area contributed by atoms with Gasteiger partial charge in [-0.2, -0.15) is 0 Å². The summed E-state index contributed by atoms with van der Waals surface area (Å²) in [6.45, 7) is 3.76. The fourth-order valence-electron chi connectivity index (χ4n) is 1.87. The number of aryl methyl sites for hydroxylation is 1. The van der Waals surface area contributed by atoms with Crippen LogP contribution in [-0.4, -0.2) is 19.4 Å². The summed E-state index contributed by atoms with van der Waals surface area (Å²) in [6.07, 6.45) is 1.82. The van der Waals surface area contributed by atoms with Crippen molar-refractivity contribution >= 4 is 33.0 Å². The van der Waals surface area contributed by atoms with E-state index in [-0.39, 0.29) is 14.7 Å². The predicted molar refractivity (Wildman–Crippen MR) is 64.4 cm³/mol. The van der Waals surface area contributed by atoms with E-state index in [0.29, 0.717) is 11.6 Å². The minimum absolute atomic E-state index is 0.0697. The van der Waals surface area contributed by atoms with Crippen LogP contribution < -0.4 is 4.72 Å². The van der Waals surface area contributed by atoms with E-state index in [4.69, 9.17) is 11.6 Å². The highest BCUT2D eigenvalue weighted by Gasteiger charge is 2.31. The average molecular weight is 281 g/mol. The van der Waals surface area contributed by atoms with Gasteiger partial charge in [0.1, 0.15) is 0 Å². The predicted octanol–water partition coefficient (Wildman–Crippen LogP) is 2.18. The van der Waals surface area contributed by atoms with E-state index in [1.54, 1.807) is 6.92 Å². The maximum atomic E-state index is 12.0. The van der Waals surface area contributed by atoms with Crippen molar-refractivity contribution in [3.05, 3.63) is 10.2 Å². The summed E-state index contributed by atoms with van der Waals surface area (Å²) in [5.41, 5.74) is 0.467. The summed E-state index contributed by atoms with van der Waals surface area (Å²) in [7, 11) is -3.43. The smallest absolute Gasteiger partial charge is 0.229 e. The standard InChI is InChI=1S/C9H13ClN2O2S2/c1-5-3-7(4-5)12-16(13,14)8-6(2)11-9(10)15-8/h5,7,12H,3-4H2,1-2H3. The molecule has 0 atom stereocenters. The van der Waals surface area contributed by atoms with E-state index in [9.17, 15) is 8.42 Å². The van der Waals surface area contributed by atoms with Crippen molar-refractivity contribution in [3.63, 3.8) is 0 Å². The molecule has 90 valence electrons. The van der Waals surface area contributed by atoms with Crippen LogP contribution in [-0.2, 0) is 10.0 Å². The van der Waals surface area contributed by atoms with Crippen molar-refractivity contribution in [3.8, 4) is 0 Å². The molecule has 0 radical (unpaired) electrons. The van der Waals surface area contributed by atoms with Crippen LogP contribution in [0, 0.1) is 12.8 Å². The number of nitrogens with one attached hydrogen (secondary N) is 1. The molecule has 1 N–H and O–H groups in total. The van der Waals surface area contributed by atoms with Crippen LogP contribution in [0.3, 0.4) is 0 Å². The molecule has 0 aromatic carbocycles. The highest BCUT2D eigenvalue weighted by molar-refractivity contribution is 7.91. The van der Waals surface area contributed by atoms with Gasteiger partial charge >= 0.3 is 0 Å². The van der Waals surface area contributed by atoms with Crippen LogP contribution in [0.5, 0.6) is 0 Å². The molecule has 0 bridgehead atoms. The zero-order valence-corrected chi connectivity index (χ0v) is 11.4. The molecule has 1 aliphatic carbocycles. The first kappa shape index (κ1) is 12.3. The second-order valence-electron chi connectivity index (χ2n) is 4.23. The summed E-state index contributed by atoms with van der Waals surface area (Å²) in [5.74, 6) is 0.610. The highest BCUT2D eigenvalue weighted by Crippen LogP contribution is 2.31. The lowest BCUT2D eigenvalue weighted by atomic mass is 9.83. The lowest BCUT2D eigenvalue weighted by Gasteiger charge is -2.32. The first-order valence-corrected chi connectivity index (χ1v) is 7.71. The SMILES string of the molecule is Cc1nc(Cl)sc1S(=O)(=O)NC1CC(C)C1. The van der Waals surface area contributed by atoms with Gasteiger partial charge in [0.15, 0.2) is 8.68 Å². The van der Waals surface area contributed by atoms with E-state index in [0.717, 1.165) is 24.2 Å². The molecule has 0 saturated heterocycles. The first-order chi connectivity index (χ1) is 7.38. The number of thiazole rings is 1. The second kappa shape index (κ2) is 4.25. The molecule has 1 fully saturated rings. The van der Waals surface area contributed by atoms with Crippen LogP contribution in [0.25, 0.3) is 0 Å². The Bertz CT molecular complexity index is 492. The lowest BCUT2D eigenvalue weighted by molar-refractivity contribution is 0.270. The summed E-state index contributed by atoms with van der Waals surface area (Å²) in [5, 5.41) is 0. The number of hydrogen-bond donors (Lipinski definition) is 1. The Kier molecular flexibility index (Phi) is 3.27. The molecule has 0 unspecified atom stereocenters. The lowest BCUT2D eigenvalue weighted by Crippen LogP contribution is -2.43. The van der Waals surface area contributed by atoms with Crippen molar-refractivity contribution in [2.75, 3.05) is 0 Å². The van der Waals surface area contributed by atoms with E-state index >= 15 is 0 Å². The van der Waals surface area contributed by atoms with E-state index in [2.05, 4.69) is 16.6 Å². The van der Waals surface area contributed by atoms with Gasteiger partial charge in [0.2, 0.25) is 0 Å². The number of halogens is 1. The number of rotatable bonds is 3. The van der Waals surface area contributed by atoms with E-state index in [1.807, 2.05) is 0 Å². The topological polar surface area (TPSA) is 59.1 Å². The highest BCUT2D eigenvalue weighted by atomic mass is 35.5. The van der Waals surface area contributed by atoms with Gasteiger partial charge < -0.3 is 0 Å². The normalized spacial score (nSPS) is 25.4. The van der Waals surface area contributed by atoms with Crippen molar-refractivity contribution < 1.29 is 8.42 Å². The Morgan fingerprint density at radius 1 is 1.50 bits per heavy atom. The van der Waals surface area contributed by atoms with Crippen LogP contribution in [0.1, 0.15) is 25.5 Å². The van der Waals surface area contributed by atoms with Gasteiger partial charge in [0.25, 0.3) is 10.0 Å². The van der Waals surface area contributed by atoms with Crippen molar-refractivity contribution in [1.82, 2.24) is 9.71 Å². The average Bonchev–Trinajstić information content (AvgIpc) is 2.43. The van der Waals surface area contributed by atoms with Crippen LogP contribution >= 0.6 is 22.9 Å². The Morgan fingerprint density at radius 2 is 2.12 bits per heavy atom. The fourth-order valence-corrected chi connectivity index (χ4v) is 4.89. The zero-order chi connectivity index (χ0) is 11.9. The molecule has 0 aliphatic heterocycles. The summed E-state index contributed by atoms with van der Waals surface area (Å²) < 4.78 is 27.1. The monoisotopic (exact) mass is 280 g/mol. The second-order valence-corrected chi connectivity index (χ2v) is 7.72. The van der Waals surface area contributed by atoms with Gasteiger partial charge in [-0.15, -0.1) is 0 Å². The number of sulfonamides is 1. The Balaban J connectivity index is 2.16. The van der Waals surface area contributed by atoms with Crippen molar-refractivity contribution in [2.45, 2.75) is 36.9 Å². The third kappa shape index (κ3) is 2.40. The van der Waals surface area contributed by atoms with E-state index in [1.165, 1.54) is 0 Å². The van der Waals surface area contributed by atoms with Gasteiger partial charge in [0, 0.05) is 6.04 Å². The largest absolute Gasteiger partial charge is 0.252 e. The molecular formula is C9H13ClN2O2S2. The number of aromatic nitrogens is 1. The fraction of sp³-hybridized carbons (Fsp3) is 0.667. The van der Waals surface area contributed by atoms with Crippen molar-refractivity contribution in [2.24, 2.45) is 5.92 Å². The maximum absolute atomic E-state index is 12.0. The van der Waals surface area contributed by atoms with Crippen molar-refractivity contribution in [1.29, 1.82) is 0 Å². The molecule has 4 nitrogen and oxygen atoms in total. The van der Waals surface area contributed by atoms with Crippen LogP contribution in [0.2, 0.25) is 4.47 Å². The Labute approximate surface area is 104 Å². The van der Waals surface area contributed by atoms with Gasteiger partial charge in [0.05, 0.1) is 5.69 Å². The number of nitrogens with zero attached hydrogens (tertiary/aromatic N) is 1. The molecule has 1 aromatic rings. The molecule has 0 amide bonds. The Morgan fingerprint density at radius 3 is 2.56 bits per heavy atom. The van der Waals surface area contributed by atoms with Crippen LogP contribution in [0.15, 0.2) is 4.21 Å². The molecule has 16 heavy (non-hydrogen) atoms. The quantitative estimate of drug-likeness (QED) is 0.923. The molecule has 2 rings (SSSR count). The zero-order valence-electron chi connectivity index (χ0n) is 9.03. The molecule has 1 heterocycles. The van der Waals surface area contributed by atoms with Gasteiger partial charge in [-0.1, -0.05) is 29.9 Å². The van der Waals surface area contributed by atoms with Gasteiger partial charge in [-0.3, -0.25) is 0 Å². The molecule has 7 heteroatoms. The summed E-state index contributed by atoms with van der Waals surface area (Å²) >= 11 is 6.70. The molecular weight excluding hydrogens is 268 g/mol. The van der Waals surface area contributed by atoms with E-state index < -0.39 is 10.0 Å². The summed E-state index contributed by atoms with van der Waals surface area (Å²) in [6, 6.07) is 0.0697. The third-order valence-electron chi connectivity index (χ3n) is 2.67. The third-order valence-corrected chi connectivity index (χ3v) is 6.06. The minimum Gasteiger partial charge on any atom is -0.229 e. The van der Waals surface area contributed by atoms with Gasteiger partial charge in [-0.05, 0) is 25.7 Å². The minimum atomic E-state index is -3.43.